The molecule has 3 aromatic carbocycles. The minimum atomic E-state index is -3.60. The van der Waals surface area contributed by atoms with E-state index in [1.165, 1.54) is 0 Å². The van der Waals surface area contributed by atoms with E-state index in [1.54, 1.807) is 36.4 Å². The Balaban J connectivity index is 1.59. The molecule has 0 fully saturated rings. The number of carboxylic acids is 1. The predicted octanol–water partition coefficient (Wildman–Crippen LogP) is 4.58. The van der Waals surface area contributed by atoms with Crippen molar-refractivity contribution in [2.45, 2.75) is 12.8 Å². The van der Waals surface area contributed by atoms with Crippen molar-refractivity contribution >= 4 is 27.8 Å². The standard InChI is InChI=1S/C23H21NO4S/c25-23(26)21-8-4-7-20(17-21)10-9-19-11-13-22(14-12-19)24-29(27,28)16-15-18-5-2-1-3-6-18/h1-8,11-17,24H,9-10H2,(H,25,26). The molecule has 29 heavy (non-hydrogen) atoms. The number of rotatable bonds is 8. The maximum absolute atomic E-state index is 12.2. The van der Waals surface area contributed by atoms with Gasteiger partial charge in [0.25, 0.3) is 10.0 Å². The molecule has 5 nitrogen and oxygen atoms in total. The minimum absolute atomic E-state index is 0.274. The molecule has 0 aliphatic rings. The van der Waals surface area contributed by atoms with Gasteiger partial charge < -0.3 is 5.11 Å². The number of benzene rings is 3. The van der Waals surface area contributed by atoms with E-state index in [1.807, 2.05) is 48.5 Å². The van der Waals surface area contributed by atoms with E-state index in [0.717, 1.165) is 28.5 Å². The molecule has 0 saturated heterocycles. The van der Waals surface area contributed by atoms with Gasteiger partial charge in [-0.05, 0) is 59.9 Å². The number of carbonyl (C=O) groups is 1. The summed E-state index contributed by atoms with van der Waals surface area (Å²) in [5.41, 5.74) is 3.55. The zero-order valence-electron chi connectivity index (χ0n) is 15.7. The normalized spacial score (nSPS) is 11.4. The molecule has 0 unspecified atom stereocenters. The lowest BCUT2D eigenvalue weighted by molar-refractivity contribution is 0.0696. The average Bonchev–Trinajstić information content (AvgIpc) is 2.73. The molecule has 6 heteroatoms. The van der Waals surface area contributed by atoms with E-state index in [-0.39, 0.29) is 5.56 Å². The third-order valence-electron chi connectivity index (χ3n) is 4.33. The fraction of sp³-hybridized carbons (Fsp3) is 0.0870. The van der Waals surface area contributed by atoms with Gasteiger partial charge in [-0.1, -0.05) is 54.6 Å². The fourth-order valence-electron chi connectivity index (χ4n) is 2.82. The van der Waals surface area contributed by atoms with Crippen molar-refractivity contribution < 1.29 is 18.3 Å². The second kappa shape index (κ2) is 9.21. The van der Waals surface area contributed by atoms with Crippen LogP contribution in [0.3, 0.4) is 0 Å². The number of hydrogen-bond donors (Lipinski definition) is 2. The van der Waals surface area contributed by atoms with Crippen molar-refractivity contribution in [3.8, 4) is 0 Å². The number of sulfonamides is 1. The molecule has 3 aromatic rings. The van der Waals surface area contributed by atoms with Crippen LogP contribution in [0.4, 0.5) is 5.69 Å². The third-order valence-corrected chi connectivity index (χ3v) is 5.34. The lowest BCUT2D eigenvalue weighted by atomic mass is 10.0. The SMILES string of the molecule is O=C(O)c1cccc(CCc2ccc(NS(=O)(=O)C=Cc3ccccc3)cc2)c1. The monoisotopic (exact) mass is 407 g/mol. The minimum Gasteiger partial charge on any atom is -0.478 e. The summed E-state index contributed by atoms with van der Waals surface area (Å²) in [6.07, 6.45) is 2.97. The first-order chi connectivity index (χ1) is 13.9. The maximum Gasteiger partial charge on any atom is 0.335 e. The highest BCUT2D eigenvalue weighted by Gasteiger charge is 2.06. The lowest BCUT2D eigenvalue weighted by Crippen LogP contribution is -2.08. The summed E-state index contributed by atoms with van der Waals surface area (Å²) in [6.45, 7) is 0. The number of aromatic carboxylic acids is 1. The molecule has 0 atom stereocenters. The van der Waals surface area contributed by atoms with Crippen molar-refractivity contribution in [1.29, 1.82) is 0 Å². The van der Waals surface area contributed by atoms with E-state index in [2.05, 4.69) is 4.72 Å². The van der Waals surface area contributed by atoms with Crippen LogP contribution in [-0.4, -0.2) is 19.5 Å². The second-order valence-electron chi connectivity index (χ2n) is 6.56. The van der Waals surface area contributed by atoms with Gasteiger partial charge in [-0.15, -0.1) is 0 Å². The van der Waals surface area contributed by atoms with Gasteiger partial charge in [-0.25, -0.2) is 13.2 Å². The van der Waals surface area contributed by atoms with Crippen molar-refractivity contribution in [2.24, 2.45) is 0 Å². The van der Waals surface area contributed by atoms with E-state index < -0.39 is 16.0 Å². The van der Waals surface area contributed by atoms with Crippen molar-refractivity contribution in [3.05, 3.63) is 107 Å². The molecule has 0 amide bonds. The van der Waals surface area contributed by atoms with Crippen LogP contribution in [-0.2, 0) is 22.9 Å². The number of anilines is 1. The first-order valence-corrected chi connectivity index (χ1v) is 10.6. The molecule has 148 valence electrons. The molecule has 0 radical (unpaired) electrons. The molecule has 0 spiro atoms. The fourth-order valence-corrected chi connectivity index (χ4v) is 3.69. The third kappa shape index (κ3) is 6.33. The van der Waals surface area contributed by atoms with Gasteiger partial charge in [0.2, 0.25) is 0 Å². The first kappa shape index (κ1) is 20.4. The summed E-state index contributed by atoms with van der Waals surface area (Å²) >= 11 is 0. The van der Waals surface area contributed by atoms with Gasteiger partial charge in [0.1, 0.15) is 0 Å². The summed E-state index contributed by atoms with van der Waals surface area (Å²) < 4.78 is 26.9. The van der Waals surface area contributed by atoms with Crippen molar-refractivity contribution in [2.75, 3.05) is 4.72 Å². The Bertz CT molecular complexity index is 1110. The van der Waals surface area contributed by atoms with Gasteiger partial charge in [0, 0.05) is 5.69 Å². The number of hydrogen-bond acceptors (Lipinski definition) is 3. The Kier molecular flexibility index (Phi) is 6.46. The van der Waals surface area contributed by atoms with Gasteiger partial charge in [-0.3, -0.25) is 4.72 Å². The van der Waals surface area contributed by atoms with Crippen LogP contribution in [0.15, 0.2) is 84.3 Å². The Morgan fingerprint density at radius 3 is 2.24 bits per heavy atom. The molecule has 3 rings (SSSR count). The van der Waals surface area contributed by atoms with Gasteiger partial charge >= 0.3 is 5.97 Å². The van der Waals surface area contributed by atoms with Gasteiger partial charge in [0.05, 0.1) is 11.0 Å². The molecule has 0 saturated carbocycles. The van der Waals surface area contributed by atoms with Crippen LogP contribution in [0.25, 0.3) is 6.08 Å². The van der Waals surface area contributed by atoms with Gasteiger partial charge in [-0.2, -0.15) is 0 Å². The maximum atomic E-state index is 12.2. The molecule has 0 heterocycles. The quantitative estimate of drug-likeness (QED) is 0.572. The summed E-state index contributed by atoms with van der Waals surface area (Å²) in [7, 11) is -3.60. The largest absolute Gasteiger partial charge is 0.478 e. The molecule has 0 aliphatic heterocycles. The second-order valence-corrected chi connectivity index (χ2v) is 8.13. The van der Waals surface area contributed by atoms with Crippen LogP contribution in [0.1, 0.15) is 27.0 Å². The molecule has 0 bridgehead atoms. The molecule has 0 aliphatic carbocycles. The molecule has 2 N–H and O–H groups in total. The topological polar surface area (TPSA) is 83.5 Å². The van der Waals surface area contributed by atoms with E-state index in [0.29, 0.717) is 12.1 Å². The molecule has 0 aromatic heterocycles. The first-order valence-electron chi connectivity index (χ1n) is 9.08. The summed E-state index contributed by atoms with van der Waals surface area (Å²) in [5, 5.41) is 10.2. The number of carboxylic acid groups (broad SMARTS) is 1. The highest BCUT2D eigenvalue weighted by molar-refractivity contribution is 7.95. The van der Waals surface area contributed by atoms with Crippen LogP contribution in [0.5, 0.6) is 0 Å². The number of aryl methyl sites for hydroxylation is 2. The summed E-state index contributed by atoms with van der Waals surface area (Å²) in [4.78, 5) is 11.0. The lowest BCUT2D eigenvalue weighted by Gasteiger charge is -2.07. The van der Waals surface area contributed by atoms with E-state index in [4.69, 9.17) is 5.11 Å². The Morgan fingerprint density at radius 2 is 1.55 bits per heavy atom. The van der Waals surface area contributed by atoms with Crippen molar-refractivity contribution in [3.63, 3.8) is 0 Å². The molecular formula is C23H21NO4S. The predicted molar refractivity (Wildman–Crippen MR) is 115 cm³/mol. The smallest absolute Gasteiger partial charge is 0.335 e. The average molecular weight is 407 g/mol. The zero-order chi connectivity index (χ0) is 20.7. The van der Waals surface area contributed by atoms with E-state index >= 15 is 0 Å². The van der Waals surface area contributed by atoms with Crippen LogP contribution >= 0.6 is 0 Å². The summed E-state index contributed by atoms with van der Waals surface area (Å²) in [5.74, 6) is -0.940. The Hall–Kier alpha value is -3.38. The Morgan fingerprint density at radius 1 is 0.862 bits per heavy atom. The summed E-state index contributed by atoms with van der Waals surface area (Å²) in [6, 6.07) is 23.2. The highest BCUT2D eigenvalue weighted by atomic mass is 32.2. The van der Waals surface area contributed by atoms with Crippen LogP contribution in [0, 0.1) is 0 Å². The van der Waals surface area contributed by atoms with Crippen LogP contribution in [0.2, 0.25) is 0 Å². The molecular weight excluding hydrogens is 386 g/mol. The highest BCUT2D eigenvalue weighted by Crippen LogP contribution is 2.15. The van der Waals surface area contributed by atoms with Gasteiger partial charge in [0.15, 0.2) is 0 Å². The Labute approximate surface area is 170 Å². The number of nitrogens with one attached hydrogen (secondary N) is 1. The van der Waals surface area contributed by atoms with E-state index in [9.17, 15) is 13.2 Å². The van der Waals surface area contributed by atoms with Crippen LogP contribution < -0.4 is 4.72 Å². The van der Waals surface area contributed by atoms with Crippen molar-refractivity contribution in [1.82, 2.24) is 0 Å². The zero-order valence-corrected chi connectivity index (χ0v) is 16.5.